The molecule has 344 valence electrons. The van der Waals surface area contributed by atoms with Gasteiger partial charge in [0.25, 0.3) is 23.6 Å². The lowest BCUT2D eigenvalue weighted by Gasteiger charge is -2.48. The van der Waals surface area contributed by atoms with Crippen molar-refractivity contribution < 1.29 is 58.4 Å². The molecule has 0 aromatic heterocycles. The zero-order valence-electron chi connectivity index (χ0n) is 36.4. The number of aliphatic hydroxyl groups is 3. The zero-order chi connectivity index (χ0) is 45.0. The number of carbonyl (C=O) groups excluding carboxylic acids is 7. The summed E-state index contributed by atoms with van der Waals surface area (Å²) < 4.78 is 12.0. The van der Waals surface area contributed by atoms with Crippen LogP contribution in [-0.2, 0) is 43.0 Å². The number of nitrogens with zero attached hydrogens (tertiary/aromatic N) is 3. The van der Waals surface area contributed by atoms with E-state index in [0.29, 0.717) is 32.2 Å². The minimum atomic E-state index is -2.64. The molecule has 12 atom stereocenters. The first-order valence-corrected chi connectivity index (χ1v) is 21.9. The van der Waals surface area contributed by atoms with Crippen molar-refractivity contribution >= 4 is 41.4 Å². The molecule has 9 N–H and O–H groups in total. The molecular formula is C40H67N9O12. The Morgan fingerprint density at radius 2 is 1.46 bits per heavy atom. The Labute approximate surface area is 356 Å². The molecule has 21 heteroatoms. The zero-order valence-corrected chi connectivity index (χ0v) is 36.4. The average Bonchev–Trinajstić information content (AvgIpc) is 3.23. The second-order valence-electron chi connectivity index (χ2n) is 17.6. The lowest BCUT2D eigenvalue weighted by atomic mass is 9.80. The lowest BCUT2D eigenvalue weighted by molar-refractivity contribution is -0.328. The molecule has 5 aliphatic heterocycles. The normalized spacial score (nSPS) is 36.2. The summed E-state index contributed by atoms with van der Waals surface area (Å²) in [4.78, 5) is 99.3. The molecule has 0 saturated carbocycles. The molecule has 61 heavy (non-hydrogen) atoms. The minimum Gasteiger partial charge on any atom is -0.458 e. The van der Waals surface area contributed by atoms with Gasteiger partial charge in [-0.3, -0.25) is 43.8 Å². The minimum absolute atomic E-state index is 0.0776. The van der Waals surface area contributed by atoms with Gasteiger partial charge in [-0.2, -0.15) is 0 Å². The highest BCUT2D eigenvalue weighted by atomic mass is 16.6. The summed E-state index contributed by atoms with van der Waals surface area (Å²) in [5, 5.41) is 45.2. The number of fused-ring (bicyclic) bond motifs is 3. The Hall–Kier alpha value is -3.99. The molecule has 0 radical (unpaired) electrons. The molecule has 5 aliphatic rings. The lowest BCUT2D eigenvalue weighted by Crippen LogP contribution is -2.70. The van der Waals surface area contributed by atoms with Gasteiger partial charge in [-0.25, -0.2) is 21.1 Å². The van der Waals surface area contributed by atoms with E-state index in [1.807, 2.05) is 13.8 Å². The number of β-amino-alcohol motifs (C(OH)–C–C–N with tert-alkyl or cyclic N) is 1. The summed E-state index contributed by atoms with van der Waals surface area (Å²) in [6, 6.07) is -8.11. The molecular weight excluding hydrogens is 798 g/mol. The van der Waals surface area contributed by atoms with Crippen LogP contribution in [0.1, 0.15) is 113 Å². The molecule has 5 saturated heterocycles. The molecule has 0 aromatic carbocycles. The maximum absolute atomic E-state index is 14.9. The number of cyclic esters (lactones) is 1. The van der Waals surface area contributed by atoms with Gasteiger partial charge in [0, 0.05) is 32.5 Å². The van der Waals surface area contributed by atoms with Gasteiger partial charge in [0.1, 0.15) is 42.4 Å². The molecule has 0 aliphatic carbocycles. The van der Waals surface area contributed by atoms with Gasteiger partial charge in [-0.1, -0.05) is 34.1 Å². The molecule has 21 nitrogen and oxygen atoms in total. The standard InChI is InChI=1S/C40H67N9O12/c1-8-12-24-15-16-40(59,61-29(24)9-2)39(7,58)38(57)46-30-31(21(3)4)60-37(56)23(6)45-33(52)28-19-25(50)20-43-49(28)35(54)27-14-11-18-42-48(27)34(53)22(5)44-32(51)26-13-10-17-41-47(26)36(30)55/h21-31,41-43,50,58-59H,8-20H2,1-7H3,(H,44,51)(H,45,52)(H,46,57)/t22-,23-,24-,25-,26+,27+,28-,29+,30-,31-,39+,40+/m0/s1. The van der Waals surface area contributed by atoms with Gasteiger partial charge in [0.15, 0.2) is 5.60 Å². The van der Waals surface area contributed by atoms with Gasteiger partial charge in [-0.05, 0) is 77.6 Å². The Kier molecular flexibility index (Phi) is 15.8. The van der Waals surface area contributed by atoms with Gasteiger partial charge in [0.2, 0.25) is 17.6 Å². The third kappa shape index (κ3) is 10.3. The first-order valence-electron chi connectivity index (χ1n) is 21.9. The third-order valence-corrected chi connectivity index (χ3v) is 12.6. The maximum atomic E-state index is 14.9. The van der Waals surface area contributed by atoms with Crippen LogP contribution in [0.4, 0.5) is 0 Å². The van der Waals surface area contributed by atoms with E-state index < -0.39 is 113 Å². The number of hydrazine groups is 3. The van der Waals surface area contributed by atoms with Crippen LogP contribution in [-0.4, -0.2) is 157 Å². The molecule has 6 amide bonds. The van der Waals surface area contributed by atoms with E-state index >= 15 is 0 Å². The molecule has 5 fully saturated rings. The number of rotatable bonds is 7. The van der Waals surface area contributed by atoms with Crippen LogP contribution in [0.25, 0.3) is 0 Å². The van der Waals surface area contributed by atoms with Crippen LogP contribution in [0.2, 0.25) is 0 Å². The van der Waals surface area contributed by atoms with E-state index in [1.165, 1.54) is 13.8 Å². The fraction of sp³-hybridized carbons (Fsp3) is 0.825. The van der Waals surface area contributed by atoms with Crippen molar-refractivity contribution in [3.8, 4) is 0 Å². The molecule has 0 unspecified atom stereocenters. The Morgan fingerprint density at radius 1 is 0.869 bits per heavy atom. The number of aliphatic hydroxyl groups excluding tert-OH is 1. The van der Waals surface area contributed by atoms with Crippen molar-refractivity contribution in [2.75, 3.05) is 19.6 Å². The fourth-order valence-corrected chi connectivity index (χ4v) is 8.91. The summed E-state index contributed by atoms with van der Waals surface area (Å²) in [7, 11) is 0. The smallest absolute Gasteiger partial charge is 0.328 e. The fourth-order valence-electron chi connectivity index (χ4n) is 8.91. The van der Waals surface area contributed by atoms with Crippen molar-refractivity contribution in [1.82, 2.24) is 47.3 Å². The first kappa shape index (κ1) is 48.0. The van der Waals surface area contributed by atoms with Crippen molar-refractivity contribution in [2.24, 2.45) is 11.8 Å². The third-order valence-electron chi connectivity index (χ3n) is 12.6. The van der Waals surface area contributed by atoms with E-state index in [2.05, 4.69) is 32.2 Å². The number of esters is 1. The average molecular weight is 866 g/mol. The Bertz CT molecular complexity index is 1650. The van der Waals surface area contributed by atoms with Crippen LogP contribution in [0.3, 0.4) is 0 Å². The molecule has 0 aromatic rings. The molecule has 5 rings (SSSR count). The van der Waals surface area contributed by atoms with Crippen LogP contribution < -0.4 is 32.2 Å². The van der Waals surface area contributed by atoms with Crippen LogP contribution in [0.5, 0.6) is 0 Å². The van der Waals surface area contributed by atoms with E-state index in [4.69, 9.17) is 9.47 Å². The Balaban J connectivity index is 1.53. The predicted octanol–water partition coefficient (Wildman–Crippen LogP) is -2.04. The highest BCUT2D eigenvalue weighted by molar-refractivity contribution is 5.97. The number of nitrogens with one attached hydrogen (secondary N) is 6. The number of hydrogen-bond donors (Lipinski definition) is 9. The van der Waals surface area contributed by atoms with Crippen LogP contribution in [0, 0.1) is 11.8 Å². The topological polar surface area (TPSA) is 281 Å². The molecule has 0 bridgehead atoms. The van der Waals surface area contributed by atoms with Crippen molar-refractivity contribution in [2.45, 2.75) is 179 Å². The number of hydrogen-bond acceptors (Lipinski definition) is 15. The summed E-state index contributed by atoms with van der Waals surface area (Å²) >= 11 is 0. The van der Waals surface area contributed by atoms with Crippen molar-refractivity contribution in [3.63, 3.8) is 0 Å². The highest BCUT2D eigenvalue weighted by Gasteiger charge is 2.57. The van der Waals surface area contributed by atoms with Crippen LogP contribution in [0.15, 0.2) is 0 Å². The quantitative estimate of drug-likeness (QED) is 0.125. The maximum Gasteiger partial charge on any atom is 0.328 e. The van der Waals surface area contributed by atoms with Gasteiger partial charge in [-0.15, -0.1) is 0 Å². The molecule has 5 heterocycles. The Morgan fingerprint density at radius 3 is 2.08 bits per heavy atom. The monoisotopic (exact) mass is 865 g/mol. The van der Waals surface area contributed by atoms with E-state index in [-0.39, 0.29) is 44.7 Å². The summed E-state index contributed by atoms with van der Waals surface area (Å²) in [6.45, 7) is 11.5. The SMILES string of the molecule is CCC[C@H]1CC[C@](O)([C@](C)(O)C(=O)N[C@@H]2C(=O)N3NCCC[C@@H]3C(=O)N[C@@H](C)C(=O)N3NCCC[C@@H]3C(=O)N3NC[C@@H](O)C[C@H]3C(=O)N[C@@H](C)C(=O)O[C@H]2C(C)C)O[C@@H]1CC. The van der Waals surface area contributed by atoms with E-state index in [0.717, 1.165) is 34.8 Å². The van der Waals surface area contributed by atoms with Gasteiger partial charge < -0.3 is 40.7 Å². The predicted molar refractivity (Wildman–Crippen MR) is 215 cm³/mol. The van der Waals surface area contributed by atoms with Crippen LogP contribution >= 0.6 is 0 Å². The highest BCUT2D eigenvalue weighted by Crippen LogP contribution is 2.41. The first-order chi connectivity index (χ1) is 28.8. The number of ether oxygens (including phenoxy) is 2. The molecule has 0 spiro atoms. The summed E-state index contributed by atoms with van der Waals surface area (Å²) in [6.07, 6.45) is 0.597. The number of carbonyl (C=O) groups is 7. The van der Waals surface area contributed by atoms with Crippen molar-refractivity contribution in [3.05, 3.63) is 0 Å². The number of amides is 6. The summed E-state index contributed by atoms with van der Waals surface area (Å²) in [5.41, 5.74) is 6.01. The second-order valence-corrected chi connectivity index (χ2v) is 17.6. The summed E-state index contributed by atoms with van der Waals surface area (Å²) in [5.74, 6) is -9.07. The second kappa shape index (κ2) is 20.0. The van der Waals surface area contributed by atoms with E-state index in [1.54, 1.807) is 13.8 Å². The largest absolute Gasteiger partial charge is 0.458 e. The van der Waals surface area contributed by atoms with E-state index in [9.17, 15) is 48.9 Å². The van der Waals surface area contributed by atoms with Gasteiger partial charge in [0.05, 0.1) is 12.2 Å². The van der Waals surface area contributed by atoms with Gasteiger partial charge >= 0.3 is 5.97 Å². The van der Waals surface area contributed by atoms with Crippen molar-refractivity contribution in [1.29, 1.82) is 0 Å².